The fourth-order valence-electron chi connectivity index (χ4n) is 1.84. The Morgan fingerprint density at radius 1 is 1.29 bits per heavy atom. The van der Waals surface area contributed by atoms with Gasteiger partial charge in [0.2, 0.25) is 0 Å². The Morgan fingerprint density at radius 3 is 2.57 bits per heavy atom. The number of aliphatic hydroxyl groups is 1. The van der Waals surface area contributed by atoms with E-state index in [1.165, 1.54) is 30.3 Å². The van der Waals surface area contributed by atoms with E-state index in [2.05, 4.69) is 15.9 Å². The normalized spacial score (nSPS) is 13.2. The first-order chi connectivity index (χ1) is 9.70. The van der Waals surface area contributed by atoms with Gasteiger partial charge in [0.05, 0.1) is 9.92 Å². The Balaban J connectivity index is 2.50. The molecule has 0 aliphatic rings. The summed E-state index contributed by atoms with van der Waals surface area (Å²) in [6, 6.07) is 8.20. The number of benzene rings is 2. The van der Waals surface area contributed by atoms with Gasteiger partial charge in [0, 0.05) is 16.3 Å². The Morgan fingerprint density at radius 2 is 1.95 bits per heavy atom. The second kappa shape index (κ2) is 6.04. The average molecular weight is 394 g/mol. The molecule has 0 spiro atoms. The van der Waals surface area contributed by atoms with Gasteiger partial charge in [-0.2, -0.15) is 0 Å². The Kier molecular flexibility index (Phi) is 4.72. The standard InChI is InChI=1S/C14H11BrClFO3S/c1-21(19,20)9-4-2-3-8(5-9)14(18)10-6-12(16)11(15)7-13(10)17/h2-7,14,18H,1H3. The maximum absolute atomic E-state index is 13.9. The van der Waals surface area contributed by atoms with Crippen molar-refractivity contribution in [3.05, 3.63) is 62.8 Å². The van der Waals surface area contributed by atoms with Crippen molar-refractivity contribution in [2.45, 2.75) is 11.0 Å². The van der Waals surface area contributed by atoms with Crippen molar-refractivity contribution in [2.75, 3.05) is 6.26 Å². The quantitative estimate of drug-likeness (QED) is 0.809. The van der Waals surface area contributed by atoms with E-state index in [4.69, 9.17) is 11.6 Å². The molecule has 21 heavy (non-hydrogen) atoms. The lowest BCUT2D eigenvalue weighted by atomic mass is 10.0. The van der Waals surface area contributed by atoms with E-state index < -0.39 is 21.8 Å². The zero-order valence-corrected chi connectivity index (χ0v) is 14.0. The molecule has 0 saturated heterocycles. The first-order valence-electron chi connectivity index (χ1n) is 5.82. The van der Waals surface area contributed by atoms with Gasteiger partial charge in [0.1, 0.15) is 11.9 Å². The van der Waals surface area contributed by atoms with Crippen LogP contribution in [0, 0.1) is 5.82 Å². The van der Waals surface area contributed by atoms with Crippen molar-refractivity contribution in [3.8, 4) is 0 Å². The van der Waals surface area contributed by atoms with Crippen molar-refractivity contribution >= 4 is 37.4 Å². The molecule has 0 aliphatic carbocycles. The molecule has 0 saturated carbocycles. The van der Waals surface area contributed by atoms with Gasteiger partial charge in [-0.1, -0.05) is 23.7 Å². The van der Waals surface area contributed by atoms with E-state index in [1.54, 1.807) is 0 Å². The Hall–Kier alpha value is -0.950. The zero-order valence-electron chi connectivity index (χ0n) is 10.8. The van der Waals surface area contributed by atoms with E-state index in [1.807, 2.05) is 0 Å². The summed E-state index contributed by atoms with van der Waals surface area (Å²) in [6.45, 7) is 0. The lowest BCUT2D eigenvalue weighted by Crippen LogP contribution is -2.05. The molecule has 7 heteroatoms. The lowest BCUT2D eigenvalue weighted by molar-refractivity contribution is 0.214. The third kappa shape index (κ3) is 3.63. The second-order valence-electron chi connectivity index (χ2n) is 4.54. The molecule has 2 aromatic carbocycles. The molecule has 0 bridgehead atoms. The summed E-state index contributed by atoms with van der Waals surface area (Å²) in [7, 11) is -3.40. The molecule has 1 unspecified atom stereocenters. The largest absolute Gasteiger partial charge is 0.384 e. The van der Waals surface area contributed by atoms with Gasteiger partial charge < -0.3 is 5.11 Å². The lowest BCUT2D eigenvalue weighted by Gasteiger charge is -2.14. The topological polar surface area (TPSA) is 54.4 Å². The van der Waals surface area contributed by atoms with Crippen LogP contribution in [0.2, 0.25) is 5.02 Å². The minimum atomic E-state index is -3.40. The smallest absolute Gasteiger partial charge is 0.175 e. The number of sulfone groups is 1. The van der Waals surface area contributed by atoms with Crippen LogP contribution in [0.15, 0.2) is 45.8 Å². The average Bonchev–Trinajstić information content (AvgIpc) is 2.41. The summed E-state index contributed by atoms with van der Waals surface area (Å²) < 4.78 is 37.4. The van der Waals surface area contributed by atoms with Crippen LogP contribution in [0.25, 0.3) is 0 Å². The third-order valence-corrected chi connectivity index (χ3v) is 5.24. The summed E-state index contributed by atoms with van der Waals surface area (Å²) in [6.07, 6.45) is -0.243. The molecular formula is C14H11BrClFO3S. The van der Waals surface area contributed by atoms with E-state index in [9.17, 15) is 17.9 Å². The zero-order chi connectivity index (χ0) is 15.8. The SMILES string of the molecule is CS(=O)(=O)c1cccc(C(O)c2cc(Cl)c(Br)cc2F)c1. The second-order valence-corrected chi connectivity index (χ2v) is 7.81. The first kappa shape index (κ1) is 16.4. The molecule has 0 aromatic heterocycles. The van der Waals surface area contributed by atoms with Gasteiger partial charge in [-0.15, -0.1) is 0 Å². The molecule has 1 N–H and O–H groups in total. The first-order valence-corrected chi connectivity index (χ1v) is 8.89. The van der Waals surface area contributed by atoms with Crippen LogP contribution in [-0.2, 0) is 9.84 Å². The van der Waals surface area contributed by atoms with Crippen LogP contribution in [-0.4, -0.2) is 19.8 Å². The Labute approximate surface area is 135 Å². The number of aliphatic hydroxyl groups excluding tert-OH is 1. The summed E-state index contributed by atoms with van der Waals surface area (Å²) in [4.78, 5) is 0.0580. The highest BCUT2D eigenvalue weighted by Crippen LogP contribution is 2.32. The van der Waals surface area contributed by atoms with E-state index in [0.29, 0.717) is 4.47 Å². The summed E-state index contributed by atoms with van der Waals surface area (Å²) in [5, 5.41) is 10.5. The minimum absolute atomic E-state index is 0.0196. The number of hydrogen-bond acceptors (Lipinski definition) is 3. The molecule has 0 fully saturated rings. The highest BCUT2D eigenvalue weighted by molar-refractivity contribution is 9.10. The highest BCUT2D eigenvalue weighted by Gasteiger charge is 2.18. The van der Waals surface area contributed by atoms with Crippen LogP contribution >= 0.6 is 27.5 Å². The summed E-state index contributed by atoms with van der Waals surface area (Å²) in [5.74, 6) is -0.636. The minimum Gasteiger partial charge on any atom is -0.384 e. The van der Waals surface area contributed by atoms with Gasteiger partial charge >= 0.3 is 0 Å². The number of hydrogen-bond donors (Lipinski definition) is 1. The van der Waals surface area contributed by atoms with Crippen LogP contribution in [0.4, 0.5) is 4.39 Å². The van der Waals surface area contributed by atoms with Gasteiger partial charge in [-0.25, -0.2) is 12.8 Å². The summed E-state index contributed by atoms with van der Waals surface area (Å²) >= 11 is 8.99. The predicted molar refractivity (Wildman–Crippen MR) is 82.7 cm³/mol. The molecule has 3 nitrogen and oxygen atoms in total. The van der Waals surface area contributed by atoms with Crippen molar-refractivity contribution in [1.29, 1.82) is 0 Å². The fraction of sp³-hybridized carbons (Fsp3) is 0.143. The maximum Gasteiger partial charge on any atom is 0.175 e. The van der Waals surface area contributed by atoms with Crippen molar-refractivity contribution < 1.29 is 17.9 Å². The highest BCUT2D eigenvalue weighted by atomic mass is 79.9. The van der Waals surface area contributed by atoms with Crippen molar-refractivity contribution in [2.24, 2.45) is 0 Å². The van der Waals surface area contributed by atoms with Crippen LogP contribution in [0.5, 0.6) is 0 Å². The molecule has 2 aromatic rings. The molecule has 0 heterocycles. The molecular weight excluding hydrogens is 383 g/mol. The molecule has 0 radical (unpaired) electrons. The molecule has 2 rings (SSSR count). The van der Waals surface area contributed by atoms with Crippen LogP contribution < -0.4 is 0 Å². The Bertz CT molecular complexity index is 793. The van der Waals surface area contributed by atoms with Gasteiger partial charge in [-0.3, -0.25) is 0 Å². The number of rotatable bonds is 3. The summed E-state index contributed by atoms with van der Waals surface area (Å²) in [5.41, 5.74) is 0.254. The van der Waals surface area contributed by atoms with E-state index >= 15 is 0 Å². The maximum atomic E-state index is 13.9. The number of halogens is 3. The van der Waals surface area contributed by atoms with Crippen molar-refractivity contribution in [1.82, 2.24) is 0 Å². The van der Waals surface area contributed by atoms with E-state index in [0.717, 1.165) is 12.3 Å². The van der Waals surface area contributed by atoms with Crippen LogP contribution in [0.1, 0.15) is 17.2 Å². The molecule has 112 valence electrons. The van der Waals surface area contributed by atoms with Gasteiger partial charge in [0.25, 0.3) is 0 Å². The van der Waals surface area contributed by atoms with Crippen LogP contribution in [0.3, 0.4) is 0 Å². The monoisotopic (exact) mass is 392 g/mol. The van der Waals surface area contributed by atoms with Crippen molar-refractivity contribution in [3.63, 3.8) is 0 Å². The molecule has 0 amide bonds. The van der Waals surface area contributed by atoms with E-state index in [-0.39, 0.29) is 21.0 Å². The molecule has 0 aliphatic heterocycles. The van der Waals surface area contributed by atoms with Gasteiger partial charge in [0.15, 0.2) is 9.84 Å². The predicted octanol–water partition coefficient (Wildman–Crippen LogP) is 3.73. The molecule has 1 atom stereocenters. The third-order valence-electron chi connectivity index (χ3n) is 2.94. The van der Waals surface area contributed by atoms with Gasteiger partial charge in [-0.05, 0) is 45.8 Å². The fourth-order valence-corrected chi connectivity index (χ4v) is 3.01.